The zero-order chi connectivity index (χ0) is 11.8. The van der Waals surface area contributed by atoms with E-state index in [9.17, 15) is 4.79 Å². The summed E-state index contributed by atoms with van der Waals surface area (Å²) in [5.74, 6) is -0.255. The maximum atomic E-state index is 11.0. The van der Waals surface area contributed by atoms with Gasteiger partial charge in [0.15, 0.2) is 0 Å². The van der Waals surface area contributed by atoms with Crippen molar-refractivity contribution in [2.24, 2.45) is 0 Å². The highest BCUT2D eigenvalue weighted by molar-refractivity contribution is 5.81. The van der Waals surface area contributed by atoms with Crippen molar-refractivity contribution in [3.8, 4) is 0 Å². The predicted octanol–water partition coefficient (Wildman–Crippen LogP) is 1.22. The summed E-state index contributed by atoms with van der Waals surface area (Å²) < 4.78 is 10.1. The number of nitrogens with zero attached hydrogens (tertiary/aromatic N) is 1. The number of methoxy groups -OCH3 is 1. The minimum absolute atomic E-state index is 0.255. The van der Waals surface area contributed by atoms with Crippen LogP contribution in [0.1, 0.15) is 19.8 Å². The maximum Gasteiger partial charge on any atom is 0.330 e. The zero-order valence-corrected chi connectivity index (χ0v) is 10.1. The molecule has 0 aromatic heterocycles. The van der Waals surface area contributed by atoms with Crippen molar-refractivity contribution in [1.29, 1.82) is 0 Å². The number of likely N-dealkylation sites (tertiary alicyclic amines) is 1. The SMILES string of the molecule is CCOC(=O)/C=C/CN1CCC(OC)CC1. The summed E-state index contributed by atoms with van der Waals surface area (Å²) in [6.45, 7) is 5.12. The summed E-state index contributed by atoms with van der Waals surface area (Å²) in [7, 11) is 1.76. The first-order valence-electron chi connectivity index (χ1n) is 5.84. The van der Waals surface area contributed by atoms with Crippen molar-refractivity contribution in [3.63, 3.8) is 0 Å². The molecule has 0 saturated carbocycles. The van der Waals surface area contributed by atoms with E-state index in [1.165, 1.54) is 6.08 Å². The molecule has 4 heteroatoms. The number of rotatable bonds is 5. The molecule has 0 aromatic carbocycles. The number of piperidine rings is 1. The summed E-state index contributed by atoms with van der Waals surface area (Å²) in [4.78, 5) is 13.3. The van der Waals surface area contributed by atoms with Gasteiger partial charge in [-0.15, -0.1) is 0 Å². The van der Waals surface area contributed by atoms with E-state index >= 15 is 0 Å². The molecule has 16 heavy (non-hydrogen) atoms. The molecule has 0 bridgehead atoms. The van der Waals surface area contributed by atoms with Gasteiger partial charge in [-0.25, -0.2) is 4.79 Å². The van der Waals surface area contributed by atoms with Crippen LogP contribution in [0.25, 0.3) is 0 Å². The van der Waals surface area contributed by atoms with E-state index in [-0.39, 0.29) is 5.97 Å². The van der Waals surface area contributed by atoms with Crippen molar-refractivity contribution in [1.82, 2.24) is 4.90 Å². The van der Waals surface area contributed by atoms with Gasteiger partial charge in [0.05, 0.1) is 12.7 Å². The summed E-state index contributed by atoms with van der Waals surface area (Å²) in [6, 6.07) is 0. The number of esters is 1. The first kappa shape index (κ1) is 13.2. The third-order valence-corrected chi connectivity index (χ3v) is 2.77. The van der Waals surface area contributed by atoms with Gasteiger partial charge in [-0.05, 0) is 19.8 Å². The Morgan fingerprint density at radius 1 is 1.44 bits per heavy atom. The van der Waals surface area contributed by atoms with Gasteiger partial charge < -0.3 is 9.47 Å². The first-order chi connectivity index (χ1) is 7.76. The quantitative estimate of drug-likeness (QED) is 0.523. The van der Waals surface area contributed by atoms with E-state index in [1.54, 1.807) is 14.0 Å². The Labute approximate surface area is 97.2 Å². The smallest absolute Gasteiger partial charge is 0.330 e. The zero-order valence-electron chi connectivity index (χ0n) is 10.1. The van der Waals surface area contributed by atoms with E-state index < -0.39 is 0 Å². The second kappa shape index (κ2) is 7.41. The lowest BCUT2D eigenvalue weighted by molar-refractivity contribution is -0.137. The number of ether oxygens (including phenoxy) is 2. The summed E-state index contributed by atoms with van der Waals surface area (Å²) in [5, 5.41) is 0. The lowest BCUT2D eigenvalue weighted by Gasteiger charge is -2.30. The molecule has 0 amide bonds. The van der Waals surface area contributed by atoms with E-state index in [4.69, 9.17) is 9.47 Å². The standard InChI is InChI=1S/C12H21NO3/c1-3-16-12(14)5-4-8-13-9-6-11(15-2)7-10-13/h4-5,11H,3,6-10H2,1-2H3/b5-4+. The van der Waals surface area contributed by atoms with Crippen LogP contribution in [0.3, 0.4) is 0 Å². The van der Waals surface area contributed by atoms with Crippen LogP contribution in [0, 0.1) is 0 Å². The molecule has 0 atom stereocenters. The topological polar surface area (TPSA) is 38.8 Å². The van der Waals surface area contributed by atoms with Gasteiger partial charge >= 0.3 is 5.97 Å². The molecule has 92 valence electrons. The van der Waals surface area contributed by atoms with E-state index in [0.29, 0.717) is 12.7 Å². The fraction of sp³-hybridized carbons (Fsp3) is 0.750. The molecule has 1 saturated heterocycles. The van der Waals surface area contributed by atoms with E-state index in [2.05, 4.69) is 4.90 Å². The fourth-order valence-electron chi connectivity index (χ4n) is 1.82. The molecule has 0 N–H and O–H groups in total. The monoisotopic (exact) mass is 227 g/mol. The van der Waals surface area contributed by atoms with Crippen LogP contribution >= 0.6 is 0 Å². The summed E-state index contributed by atoms with van der Waals surface area (Å²) >= 11 is 0. The number of hydrogen-bond acceptors (Lipinski definition) is 4. The Balaban J connectivity index is 2.17. The fourth-order valence-corrected chi connectivity index (χ4v) is 1.82. The minimum atomic E-state index is -0.255. The van der Waals surface area contributed by atoms with Crippen LogP contribution in [0.4, 0.5) is 0 Å². The van der Waals surface area contributed by atoms with Gasteiger partial charge in [0.25, 0.3) is 0 Å². The highest BCUT2D eigenvalue weighted by Crippen LogP contribution is 2.12. The summed E-state index contributed by atoms with van der Waals surface area (Å²) in [5.41, 5.74) is 0. The maximum absolute atomic E-state index is 11.0. The molecular formula is C12H21NO3. The van der Waals surface area contributed by atoms with Crippen LogP contribution < -0.4 is 0 Å². The van der Waals surface area contributed by atoms with Gasteiger partial charge in [0.1, 0.15) is 0 Å². The molecule has 1 aliphatic rings. The van der Waals surface area contributed by atoms with Crippen LogP contribution in [0.5, 0.6) is 0 Å². The number of hydrogen-bond donors (Lipinski definition) is 0. The molecule has 1 heterocycles. The van der Waals surface area contributed by atoms with Crippen molar-refractivity contribution < 1.29 is 14.3 Å². The molecule has 1 rings (SSSR count). The van der Waals surface area contributed by atoms with Crippen molar-refractivity contribution in [3.05, 3.63) is 12.2 Å². The van der Waals surface area contributed by atoms with Crippen LogP contribution in [0.2, 0.25) is 0 Å². The van der Waals surface area contributed by atoms with Crippen LogP contribution in [-0.4, -0.2) is 50.3 Å². The second-order valence-electron chi connectivity index (χ2n) is 3.89. The average Bonchev–Trinajstić information content (AvgIpc) is 2.30. The normalized spacial score (nSPS) is 19.1. The Kier molecular flexibility index (Phi) is 6.11. The van der Waals surface area contributed by atoms with Gasteiger partial charge in [-0.3, -0.25) is 4.90 Å². The largest absolute Gasteiger partial charge is 0.463 e. The molecule has 0 spiro atoms. The van der Waals surface area contributed by atoms with Gasteiger partial charge in [-0.2, -0.15) is 0 Å². The van der Waals surface area contributed by atoms with Crippen LogP contribution in [0.15, 0.2) is 12.2 Å². The highest BCUT2D eigenvalue weighted by Gasteiger charge is 2.17. The molecule has 0 aromatic rings. The molecule has 1 fully saturated rings. The Hall–Kier alpha value is -0.870. The number of carbonyl (C=O) groups excluding carboxylic acids is 1. The average molecular weight is 227 g/mol. The lowest BCUT2D eigenvalue weighted by atomic mass is 10.1. The van der Waals surface area contributed by atoms with Crippen molar-refractivity contribution in [2.45, 2.75) is 25.9 Å². The highest BCUT2D eigenvalue weighted by atomic mass is 16.5. The van der Waals surface area contributed by atoms with Gasteiger partial charge in [-0.1, -0.05) is 6.08 Å². The summed E-state index contributed by atoms with van der Waals surface area (Å²) in [6.07, 6.45) is 5.93. The molecule has 0 radical (unpaired) electrons. The molecule has 4 nitrogen and oxygen atoms in total. The van der Waals surface area contributed by atoms with Crippen molar-refractivity contribution in [2.75, 3.05) is 33.4 Å². The lowest BCUT2D eigenvalue weighted by Crippen LogP contribution is -2.36. The van der Waals surface area contributed by atoms with E-state index in [1.807, 2.05) is 6.08 Å². The molecule has 1 aliphatic heterocycles. The molecule has 0 aliphatic carbocycles. The predicted molar refractivity (Wildman–Crippen MR) is 62.2 cm³/mol. The Morgan fingerprint density at radius 2 is 2.12 bits per heavy atom. The number of carbonyl (C=O) groups is 1. The third kappa shape index (κ3) is 4.77. The second-order valence-corrected chi connectivity index (χ2v) is 3.89. The van der Waals surface area contributed by atoms with Gasteiger partial charge in [0.2, 0.25) is 0 Å². The molecule has 0 unspecified atom stereocenters. The first-order valence-corrected chi connectivity index (χ1v) is 5.84. The Morgan fingerprint density at radius 3 is 2.69 bits per heavy atom. The molecular weight excluding hydrogens is 206 g/mol. The van der Waals surface area contributed by atoms with E-state index in [0.717, 1.165) is 32.5 Å². The van der Waals surface area contributed by atoms with Crippen molar-refractivity contribution >= 4 is 5.97 Å². The minimum Gasteiger partial charge on any atom is -0.463 e. The van der Waals surface area contributed by atoms with Crippen LogP contribution in [-0.2, 0) is 14.3 Å². The Bertz CT molecular complexity index is 232. The van der Waals surface area contributed by atoms with Gasteiger partial charge in [0, 0.05) is 32.8 Å². The third-order valence-electron chi connectivity index (χ3n) is 2.77.